The van der Waals surface area contributed by atoms with Gasteiger partial charge in [-0.15, -0.1) is 0 Å². The van der Waals surface area contributed by atoms with Crippen molar-refractivity contribution in [2.45, 2.75) is 0 Å². The van der Waals surface area contributed by atoms with E-state index in [4.69, 9.17) is 5.11 Å². The Labute approximate surface area is 65.2 Å². The summed E-state index contributed by atoms with van der Waals surface area (Å²) in [5, 5.41) is 8.75. The summed E-state index contributed by atoms with van der Waals surface area (Å²) >= 11 is 0. The highest BCUT2D eigenvalue weighted by molar-refractivity contribution is 5.57. The quantitative estimate of drug-likeness (QED) is 0.574. The smallest absolute Gasteiger partial charge is 0.435 e. The molecular formula is C7H11N2O2+. The highest BCUT2D eigenvalue weighted by Crippen LogP contribution is 2.14. The van der Waals surface area contributed by atoms with Crippen LogP contribution in [0, 0.1) is 0 Å². The zero-order valence-corrected chi connectivity index (χ0v) is 6.40. The van der Waals surface area contributed by atoms with Crippen molar-refractivity contribution in [3.8, 4) is 0 Å². The fourth-order valence-corrected chi connectivity index (χ4v) is 0.909. The summed E-state index contributed by atoms with van der Waals surface area (Å²) in [4.78, 5) is 12.4. The van der Waals surface area contributed by atoms with Gasteiger partial charge < -0.3 is 10.0 Å². The summed E-state index contributed by atoms with van der Waals surface area (Å²) in [5.74, 6) is 0. The second-order valence-corrected chi connectivity index (χ2v) is 2.69. The van der Waals surface area contributed by atoms with Crippen LogP contribution in [0.2, 0.25) is 0 Å². The summed E-state index contributed by atoms with van der Waals surface area (Å²) in [5.41, 5.74) is 0. The maximum absolute atomic E-state index is 10.6. The lowest BCUT2D eigenvalue weighted by Gasteiger charge is -2.20. The maximum Gasteiger partial charge on any atom is 0.519 e. The molecule has 0 fully saturated rings. The van der Waals surface area contributed by atoms with E-state index in [1.807, 2.05) is 0 Å². The van der Waals surface area contributed by atoms with Crippen LogP contribution in [0.4, 0.5) is 4.79 Å². The zero-order valence-electron chi connectivity index (χ0n) is 6.40. The molecule has 1 rings (SSSR count). The van der Waals surface area contributed by atoms with Crippen molar-refractivity contribution in [2.75, 3.05) is 13.7 Å². The third kappa shape index (κ3) is 1.25. The van der Waals surface area contributed by atoms with Crippen molar-refractivity contribution < 1.29 is 14.4 Å². The molecule has 0 aromatic rings. The van der Waals surface area contributed by atoms with Crippen LogP contribution in [0.15, 0.2) is 25.2 Å². The van der Waals surface area contributed by atoms with Gasteiger partial charge in [-0.05, 0) is 0 Å². The number of quaternary nitrogens is 1. The van der Waals surface area contributed by atoms with Gasteiger partial charge in [0, 0.05) is 6.20 Å². The Morgan fingerprint density at radius 3 is 2.82 bits per heavy atom. The van der Waals surface area contributed by atoms with Crippen LogP contribution in [0.25, 0.3) is 0 Å². The van der Waals surface area contributed by atoms with E-state index in [1.54, 1.807) is 30.5 Å². The molecule has 1 atom stereocenters. The van der Waals surface area contributed by atoms with Gasteiger partial charge in [0.05, 0.1) is 13.2 Å². The number of hydrogen-bond acceptors (Lipinski definition) is 2. The largest absolute Gasteiger partial charge is 0.519 e. The zero-order chi connectivity index (χ0) is 8.48. The van der Waals surface area contributed by atoms with Crippen molar-refractivity contribution in [3.63, 3.8) is 0 Å². The van der Waals surface area contributed by atoms with Crippen molar-refractivity contribution in [1.29, 1.82) is 0 Å². The maximum atomic E-state index is 10.6. The van der Waals surface area contributed by atoms with Crippen LogP contribution in [0.3, 0.4) is 0 Å². The minimum Gasteiger partial charge on any atom is -0.435 e. The minimum atomic E-state index is -0.856. The molecule has 11 heavy (non-hydrogen) atoms. The molecule has 1 heterocycles. The second-order valence-electron chi connectivity index (χ2n) is 2.69. The highest BCUT2D eigenvalue weighted by Gasteiger charge is 2.34. The molecule has 1 unspecified atom stereocenters. The molecule has 0 aromatic carbocycles. The Hall–Kier alpha value is -1.29. The van der Waals surface area contributed by atoms with Crippen molar-refractivity contribution in [2.24, 2.45) is 0 Å². The normalized spacial score (nSPS) is 29.0. The first kappa shape index (κ1) is 7.81. The molecular weight excluding hydrogens is 144 g/mol. The molecule has 0 bridgehead atoms. The van der Waals surface area contributed by atoms with Gasteiger partial charge in [0.25, 0.3) is 0 Å². The number of carbonyl (C=O) groups is 1. The molecule has 1 aliphatic rings. The van der Waals surface area contributed by atoms with Gasteiger partial charge in [-0.1, -0.05) is 6.58 Å². The van der Waals surface area contributed by atoms with Crippen LogP contribution < -0.4 is 0 Å². The summed E-state index contributed by atoms with van der Waals surface area (Å²) < 4.78 is -0.105. The standard InChI is InChI=1S/C7H10N2O2/c1-3-8-4-5-9(2,6-8)7(10)11/h3-5H,1,6H2,2H3/p+1. The monoisotopic (exact) mass is 155 g/mol. The molecule has 0 spiro atoms. The lowest BCUT2D eigenvalue weighted by molar-refractivity contribution is -0.785. The predicted octanol–water partition coefficient (Wildman–Crippen LogP) is 0.999. The van der Waals surface area contributed by atoms with E-state index in [9.17, 15) is 4.79 Å². The second kappa shape index (κ2) is 2.39. The lowest BCUT2D eigenvalue weighted by Crippen LogP contribution is -2.44. The lowest BCUT2D eigenvalue weighted by atomic mass is 10.6. The van der Waals surface area contributed by atoms with E-state index >= 15 is 0 Å². The van der Waals surface area contributed by atoms with E-state index < -0.39 is 6.09 Å². The van der Waals surface area contributed by atoms with Gasteiger partial charge in [-0.3, -0.25) is 0 Å². The van der Waals surface area contributed by atoms with Crippen LogP contribution in [0.1, 0.15) is 0 Å². The molecule has 0 saturated heterocycles. The minimum absolute atomic E-state index is 0.105. The molecule has 1 amide bonds. The number of rotatable bonds is 1. The third-order valence-corrected chi connectivity index (χ3v) is 1.72. The van der Waals surface area contributed by atoms with Gasteiger partial charge in [-0.25, -0.2) is 0 Å². The Kier molecular flexibility index (Phi) is 1.70. The molecule has 0 radical (unpaired) electrons. The predicted molar refractivity (Wildman–Crippen MR) is 40.3 cm³/mol. The molecule has 4 nitrogen and oxygen atoms in total. The summed E-state index contributed by atoms with van der Waals surface area (Å²) in [6.45, 7) is 3.95. The van der Waals surface area contributed by atoms with Gasteiger partial charge >= 0.3 is 6.09 Å². The Bertz CT molecular complexity index is 224. The van der Waals surface area contributed by atoms with Crippen LogP contribution in [0.5, 0.6) is 0 Å². The first-order chi connectivity index (χ1) is 5.08. The average molecular weight is 155 g/mol. The SMILES string of the molecule is C=CN1C=C[N+](C)(C(=O)O)C1. The van der Waals surface area contributed by atoms with E-state index in [1.165, 1.54) is 0 Å². The molecule has 0 saturated carbocycles. The molecule has 1 N–H and O–H groups in total. The Morgan fingerprint density at radius 2 is 2.55 bits per heavy atom. The average Bonchev–Trinajstić information content (AvgIpc) is 2.33. The van der Waals surface area contributed by atoms with Gasteiger partial charge in [0.15, 0.2) is 6.67 Å². The van der Waals surface area contributed by atoms with Gasteiger partial charge in [0.1, 0.15) is 6.20 Å². The molecule has 1 aliphatic heterocycles. The van der Waals surface area contributed by atoms with E-state index in [2.05, 4.69) is 6.58 Å². The van der Waals surface area contributed by atoms with Crippen LogP contribution >= 0.6 is 0 Å². The fraction of sp³-hybridized carbons (Fsp3) is 0.286. The highest BCUT2D eigenvalue weighted by atomic mass is 16.4. The summed E-state index contributed by atoms with van der Waals surface area (Å²) in [6, 6.07) is 0. The van der Waals surface area contributed by atoms with Gasteiger partial charge in [-0.2, -0.15) is 9.28 Å². The Morgan fingerprint density at radius 1 is 1.91 bits per heavy atom. The van der Waals surface area contributed by atoms with Crippen molar-refractivity contribution in [3.05, 3.63) is 25.2 Å². The topological polar surface area (TPSA) is 40.5 Å². The summed E-state index contributed by atoms with van der Waals surface area (Å²) in [6.07, 6.45) is 4.07. The summed E-state index contributed by atoms with van der Waals surface area (Å²) in [7, 11) is 1.63. The molecule has 0 aliphatic carbocycles. The number of hydrogen-bond donors (Lipinski definition) is 1. The first-order valence-corrected chi connectivity index (χ1v) is 3.25. The molecule has 60 valence electrons. The third-order valence-electron chi connectivity index (χ3n) is 1.72. The van der Waals surface area contributed by atoms with E-state index in [0.29, 0.717) is 6.67 Å². The number of carboxylic acid groups (broad SMARTS) is 1. The van der Waals surface area contributed by atoms with E-state index in [0.717, 1.165) is 0 Å². The first-order valence-electron chi connectivity index (χ1n) is 3.25. The van der Waals surface area contributed by atoms with Crippen molar-refractivity contribution in [1.82, 2.24) is 4.90 Å². The van der Waals surface area contributed by atoms with E-state index in [-0.39, 0.29) is 4.48 Å². The van der Waals surface area contributed by atoms with Gasteiger partial charge in [0.2, 0.25) is 0 Å². The van der Waals surface area contributed by atoms with Crippen LogP contribution in [-0.4, -0.2) is 34.3 Å². The van der Waals surface area contributed by atoms with Crippen LogP contribution in [-0.2, 0) is 0 Å². The molecule has 0 aromatic heterocycles. The molecule has 4 heteroatoms. The van der Waals surface area contributed by atoms with Crippen molar-refractivity contribution >= 4 is 6.09 Å². The number of nitrogens with zero attached hydrogens (tertiary/aromatic N) is 2. The fourth-order valence-electron chi connectivity index (χ4n) is 0.909. The number of amides is 1. The Balaban J connectivity index is 2.74.